The number of fused-ring (bicyclic) bond motifs is 10. The van der Waals surface area contributed by atoms with E-state index in [4.69, 9.17) is 76.8 Å². The molecule has 0 spiro atoms. The van der Waals surface area contributed by atoms with Crippen LogP contribution in [0.2, 0.25) is 0 Å². The molecule has 8 aromatic rings. The van der Waals surface area contributed by atoms with Crippen molar-refractivity contribution in [3.05, 3.63) is 59.7 Å². The molecule has 0 saturated heterocycles. The van der Waals surface area contributed by atoms with Crippen LogP contribution in [-0.2, 0) is 48.7 Å². The largest absolute Gasteiger partial charge is 0.487 e. The van der Waals surface area contributed by atoms with Crippen LogP contribution >= 0.6 is 0 Å². The molecule has 0 saturated carbocycles. The van der Waals surface area contributed by atoms with E-state index in [0.29, 0.717) is 177 Å². The predicted molar refractivity (Wildman–Crippen MR) is 277 cm³/mol. The zero-order chi connectivity index (χ0) is 49.7. The average molecular weight is 987 g/mol. The van der Waals surface area contributed by atoms with Crippen LogP contribution in [0.25, 0.3) is 76.5 Å². The predicted octanol–water partition coefficient (Wildman–Crippen LogP) is 9.05. The van der Waals surface area contributed by atoms with E-state index in [9.17, 15) is 0 Å². The van der Waals surface area contributed by atoms with Crippen molar-refractivity contribution in [1.82, 2.24) is 19.9 Å². The van der Waals surface area contributed by atoms with Gasteiger partial charge in [-0.2, -0.15) is 0 Å². The second-order valence-electron chi connectivity index (χ2n) is 20.1. The molecule has 0 unspecified atom stereocenters. The highest BCUT2D eigenvalue weighted by Crippen LogP contribution is 2.48. The van der Waals surface area contributed by atoms with Crippen LogP contribution in [0.5, 0.6) is 23.0 Å². The minimum atomic E-state index is -0.235. The molecule has 16 nitrogen and oxygen atoms in total. The third-order valence-electron chi connectivity index (χ3n) is 12.9. The SMILES string of the molecule is CC(C)(C)c1cc2c3nc4cc5c(cc4nc3c3cc(C(C)(C)C)cc4c6nc7cc8c(cc7nc6c(c1)c2c34)OCCOCCOCCOCCOCCO8)OCCOCCOCCOCCOCCO5. The van der Waals surface area contributed by atoms with Crippen molar-refractivity contribution in [2.45, 2.75) is 52.4 Å². The van der Waals surface area contributed by atoms with Crippen molar-refractivity contribution in [3.8, 4) is 23.0 Å². The van der Waals surface area contributed by atoms with Crippen LogP contribution in [0.1, 0.15) is 52.7 Å². The second-order valence-corrected chi connectivity index (χ2v) is 20.1. The Labute approximate surface area is 419 Å². The van der Waals surface area contributed by atoms with E-state index in [1.807, 2.05) is 24.3 Å². The maximum Gasteiger partial charge on any atom is 0.163 e. The fraction of sp³-hybridized carbons (Fsp3) is 0.500. The summed E-state index contributed by atoms with van der Waals surface area (Å²) in [6.45, 7) is 21.7. The van der Waals surface area contributed by atoms with Crippen LogP contribution < -0.4 is 18.9 Å². The fourth-order valence-electron chi connectivity index (χ4n) is 9.13. The molecule has 0 amide bonds. The van der Waals surface area contributed by atoms with Crippen LogP contribution in [0.15, 0.2) is 48.5 Å². The number of hydrogen-bond donors (Lipinski definition) is 0. The zero-order valence-electron chi connectivity index (χ0n) is 42.4. The van der Waals surface area contributed by atoms with E-state index < -0.39 is 0 Å². The Morgan fingerprint density at radius 3 is 0.667 bits per heavy atom. The molecule has 2 aromatic heterocycles. The third-order valence-corrected chi connectivity index (χ3v) is 12.9. The monoisotopic (exact) mass is 986 g/mol. The zero-order valence-corrected chi connectivity index (χ0v) is 42.4. The Kier molecular flexibility index (Phi) is 15.5. The van der Waals surface area contributed by atoms with Crippen molar-refractivity contribution in [1.29, 1.82) is 0 Å². The first kappa shape index (κ1) is 50.0. The molecule has 0 bridgehead atoms. The van der Waals surface area contributed by atoms with Gasteiger partial charge in [0, 0.05) is 56.6 Å². The highest BCUT2D eigenvalue weighted by Gasteiger charge is 2.27. The van der Waals surface area contributed by atoms with E-state index in [0.717, 1.165) is 65.5 Å². The summed E-state index contributed by atoms with van der Waals surface area (Å²) in [6.07, 6.45) is 0. The van der Waals surface area contributed by atoms with Crippen molar-refractivity contribution in [3.63, 3.8) is 0 Å². The summed E-state index contributed by atoms with van der Waals surface area (Å²) in [7, 11) is 0. The highest BCUT2D eigenvalue weighted by molar-refractivity contribution is 6.39. The molecule has 382 valence electrons. The Morgan fingerprint density at radius 1 is 0.278 bits per heavy atom. The minimum absolute atomic E-state index is 0.235. The lowest BCUT2D eigenvalue weighted by atomic mass is 9.80. The summed E-state index contributed by atoms with van der Waals surface area (Å²) in [5.41, 5.74) is 7.62. The van der Waals surface area contributed by atoms with Gasteiger partial charge in [-0.25, -0.2) is 19.9 Å². The molecular weight excluding hydrogens is 921 g/mol. The van der Waals surface area contributed by atoms with Gasteiger partial charge in [-0.05, 0) is 46.2 Å². The fourth-order valence-corrected chi connectivity index (χ4v) is 9.13. The van der Waals surface area contributed by atoms with Gasteiger partial charge in [-0.1, -0.05) is 41.5 Å². The van der Waals surface area contributed by atoms with Crippen molar-refractivity contribution in [2.75, 3.05) is 132 Å². The molecular formula is C56H66N4O12. The maximum absolute atomic E-state index is 6.37. The lowest BCUT2D eigenvalue weighted by Crippen LogP contribution is -2.16. The summed E-state index contributed by atoms with van der Waals surface area (Å²) < 4.78 is 71.3. The number of aromatic nitrogens is 4. The quantitative estimate of drug-likeness (QED) is 0.104. The lowest BCUT2D eigenvalue weighted by molar-refractivity contribution is -0.00840. The van der Waals surface area contributed by atoms with Gasteiger partial charge >= 0.3 is 0 Å². The van der Waals surface area contributed by atoms with Gasteiger partial charge in [0.2, 0.25) is 0 Å². The highest BCUT2D eigenvalue weighted by atomic mass is 16.6. The summed E-state index contributed by atoms with van der Waals surface area (Å²) in [4.78, 5) is 22.1. The molecule has 0 atom stereocenters. The van der Waals surface area contributed by atoms with Crippen LogP contribution in [-0.4, -0.2) is 152 Å². The molecule has 72 heavy (non-hydrogen) atoms. The topological polar surface area (TPSA) is 162 Å². The van der Waals surface area contributed by atoms with Gasteiger partial charge in [-0.3, -0.25) is 0 Å². The Bertz CT molecular complexity index is 2770. The molecule has 0 fully saturated rings. The third kappa shape index (κ3) is 11.2. The summed E-state index contributed by atoms with van der Waals surface area (Å²) in [5.74, 6) is 2.18. The first-order chi connectivity index (χ1) is 35.0. The summed E-state index contributed by atoms with van der Waals surface area (Å²) in [6, 6.07) is 16.8. The summed E-state index contributed by atoms with van der Waals surface area (Å²) in [5, 5.41) is 6.05. The Morgan fingerprint density at radius 2 is 0.472 bits per heavy atom. The van der Waals surface area contributed by atoms with E-state index in [1.165, 1.54) is 0 Å². The van der Waals surface area contributed by atoms with Gasteiger partial charge < -0.3 is 56.8 Å². The van der Waals surface area contributed by atoms with E-state index in [-0.39, 0.29) is 10.8 Å². The molecule has 0 aliphatic carbocycles. The number of hydrogen-bond acceptors (Lipinski definition) is 16. The van der Waals surface area contributed by atoms with E-state index in [2.05, 4.69) is 65.8 Å². The number of ether oxygens (including phenoxy) is 12. The van der Waals surface area contributed by atoms with Crippen molar-refractivity contribution in [2.24, 2.45) is 0 Å². The molecule has 2 aliphatic rings. The Balaban J connectivity index is 1.16. The van der Waals surface area contributed by atoms with Crippen LogP contribution in [0, 0.1) is 0 Å². The second kappa shape index (κ2) is 22.3. The smallest absolute Gasteiger partial charge is 0.163 e. The van der Waals surface area contributed by atoms with Crippen LogP contribution in [0.4, 0.5) is 0 Å². The van der Waals surface area contributed by atoms with Gasteiger partial charge in [-0.15, -0.1) is 0 Å². The normalized spacial score (nSPS) is 18.1. The molecule has 0 N–H and O–H groups in total. The molecule has 6 aromatic carbocycles. The number of rotatable bonds is 0. The number of benzene rings is 6. The molecule has 10 rings (SSSR count). The molecule has 16 heteroatoms. The van der Waals surface area contributed by atoms with E-state index >= 15 is 0 Å². The van der Waals surface area contributed by atoms with Crippen molar-refractivity contribution >= 4 is 76.5 Å². The van der Waals surface area contributed by atoms with Gasteiger partial charge in [0.25, 0.3) is 0 Å². The summed E-state index contributed by atoms with van der Waals surface area (Å²) >= 11 is 0. The first-order valence-corrected chi connectivity index (χ1v) is 25.2. The van der Waals surface area contributed by atoms with Gasteiger partial charge in [0.1, 0.15) is 26.4 Å². The number of nitrogens with zero attached hydrogens (tertiary/aromatic N) is 4. The minimum Gasteiger partial charge on any atom is -0.487 e. The Hall–Kier alpha value is -5.56. The first-order valence-electron chi connectivity index (χ1n) is 25.2. The lowest BCUT2D eigenvalue weighted by Gasteiger charge is -2.25. The molecule has 0 radical (unpaired) electrons. The average Bonchev–Trinajstić information content (AvgIpc) is 3.35. The maximum atomic E-state index is 6.37. The molecule has 2 aliphatic heterocycles. The van der Waals surface area contributed by atoms with Gasteiger partial charge in [0.05, 0.1) is 150 Å². The molecule has 4 heterocycles. The van der Waals surface area contributed by atoms with E-state index in [1.54, 1.807) is 0 Å². The van der Waals surface area contributed by atoms with Gasteiger partial charge in [0.15, 0.2) is 23.0 Å². The van der Waals surface area contributed by atoms with Crippen molar-refractivity contribution < 1.29 is 56.8 Å². The van der Waals surface area contributed by atoms with Crippen LogP contribution in [0.3, 0.4) is 0 Å². The standard InChI is InChI=1S/C56H66N4O12/c1-55(2,3)35-27-37-49-38(28-35)52-54(60-44-34-48-46(32-42(44)58-52)70-24-20-66-16-12-62-8-10-64-14-18-68-22-26-72-48)40-30-36(56(4,5)6)29-39(50(40)49)53-51(37)57-41-31-45-47(33-43(41)59-53)71-25-21-67-17-13-63-9-7-61-11-15-65-19-23-69-45/h27-34H,7-26H2,1-6H3.